The Hall–Kier alpha value is -3.85. The number of aromatic nitrogens is 3. The van der Waals surface area contributed by atoms with E-state index in [0.29, 0.717) is 22.5 Å². The first-order valence-electron chi connectivity index (χ1n) is 10.7. The summed E-state index contributed by atoms with van der Waals surface area (Å²) in [5, 5.41) is 12.3. The maximum Gasteiger partial charge on any atom is 0.231 e. The van der Waals surface area contributed by atoms with Gasteiger partial charge in [0, 0.05) is 11.3 Å². The molecule has 4 aromatic rings. The maximum absolute atomic E-state index is 13.2. The van der Waals surface area contributed by atoms with Crippen molar-refractivity contribution in [2.75, 3.05) is 12.5 Å². The number of para-hydroxylation sites is 1. The molecular formula is C25H21FN4O3S. The molecule has 1 amide bonds. The summed E-state index contributed by atoms with van der Waals surface area (Å²) in [5.74, 6) is 1.66. The molecule has 0 saturated heterocycles. The number of amides is 1. The third kappa shape index (κ3) is 4.60. The van der Waals surface area contributed by atoms with Crippen LogP contribution in [-0.2, 0) is 4.79 Å². The molecular weight excluding hydrogens is 455 g/mol. The molecule has 0 bridgehead atoms. The standard InChI is InChI=1S/C25H21FN4O3S/c1-16(17-7-10-19(26)11-8-17)27-23(31)14-34-25-29-28-24(30(25)20-5-3-2-4-6-20)18-9-12-21-22(13-18)33-15-32-21/h2-13,16H,14-15H2,1H3,(H,27,31). The number of hydrogen-bond donors (Lipinski definition) is 1. The summed E-state index contributed by atoms with van der Waals surface area (Å²) >= 11 is 1.29. The summed E-state index contributed by atoms with van der Waals surface area (Å²) in [4.78, 5) is 12.6. The molecule has 9 heteroatoms. The van der Waals surface area contributed by atoms with Gasteiger partial charge in [-0.15, -0.1) is 10.2 Å². The summed E-state index contributed by atoms with van der Waals surface area (Å²) in [6.45, 7) is 2.05. The van der Waals surface area contributed by atoms with Crippen LogP contribution in [0.15, 0.2) is 78.0 Å². The summed E-state index contributed by atoms with van der Waals surface area (Å²) in [6, 6.07) is 21.2. The fraction of sp³-hybridized carbons (Fsp3) is 0.160. The fourth-order valence-electron chi connectivity index (χ4n) is 3.64. The number of ether oxygens (including phenoxy) is 2. The van der Waals surface area contributed by atoms with Crippen molar-refractivity contribution >= 4 is 17.7 Å². The normalized spacial score (nSPS) is 13.0. The topological polar surface area (TPSA) is 78.3 Å². The van der Waals surface area contributed by atoms with Crippen molar-refractivity contribution in [1.29, 1.82) is 0 Å². The van der Waals surface area contributed by atoms with E-state index >= 15 is 0 Å². The first kappa shape index (κ1) is 22.0. The number of thioether (sulfide) groups is 1. The molecule has 0 fully saturated rings. The van der Waals surface area contributed by atoms with Gasteiger partial charge in [0.05, 0.1) is 11.8 Å². The number of benzene rings is 3. The largest absolute Gasteiger partial charge is 0.454 e. The van der Waals surface area contributed by atoms with Crippen LogP contribution in [0.2, 0.25) is 0 Å². The Morgan fingerprint density at radius 2 is 1.82 bits per heavy atom. The van der Waals surface area contributed by atoms with Crippen molar-refractivity contribution in [3.05, 3.63) is 84.2 Å². The third-order valence-corrected chi connectivity index (χ3v) is 6.29. The van der Waals surface area contributed by atoms with Crippen LogP contribution in [0, 0.1) is 5.82 Å². The van der Waals surface area contributed by atoms with E-state index in [-0.39, 0.29) is 30.3 Å². The van der Waals surface area contributed by atoms with E-state index in [1.54, 1.807) is 12.1 Å². The second-order valence-electron chi connectivity index (χ2n) is 7.67. The Kier molecular flexibility index (Phi) is 6.18. The minimum atomic E-state index is -0.309. The summed E-state index contributed by atoms with van der Waals surface area (Å²) in [7, 11) is 0. The van der Waals surface area contributed by atoms with E-state index in [2.05, 4.69) is 15.5 Å². The smallest absolute Gasteiger partial charge is 0.231 e. The highest BCUT2D eigenvalue weighted by molar-refractivity contribution is 7.99. The second-order valence-corrected chi connectivity index (χ2v) is 8.62. The Balaban J connectivity index is 1.36. The van der Waals surface area contributed by atoms with Gasteiger partial charge in [0.25, 0.3) is 0 Å². The minimum Gasteiger partial charge on any atom is -0.454 e. The van der Waals surface area contributed by atoms with E-state index in [1.807, 2.05) is 60.0 Å². The number of carbonyl (C=O) groups excluding carboxylic acids is 1. The van der Waals surface area contributed by atoms with Gasteiger partial charge in [0.15, 0.2) is 22.5 Å². The van der Waals surface area contributed by atoms with Gasteiger partial charge in [-0.25, -0.2) is 4.39 Å². The van der Waals surface area contributed by atoms with Gasteiger partial charge in [-0.3, -0.25) is 9.36 Å². The van der Waals surface area contributed by atoms with E-state index < -0.39 is 0 Å². The van der Waals surface area contributed by atoms with E-state index in [0.717, 1.165) is 16.8 Å². The zero-order valence-electron chi connectivity index (χ0n) is 18.3. The average Bonchev–Trinajstić information content (AvgIpc) is 3.50. The van der Waals surface area contributed by atoms with Gasteiger partial charge in [-0.1, -0.05) is 42.1 Å². The highest BCUT2D eigenvalue weighted by atomic mass is 32.2. The van der Waals surface area contributed by atoms with Crippen LogP contribution in [-0.4, -0.2) is 33.2 Å². The third-order valence-electron chi connectivity index (χ3n) is 5.36. The molecule has 1 aromatic heterocycles. The van der Waals surface area contributed by atoms with Gasteiger partial charge in [0.2, 0.25) is 12.7 Å². The van der Waals surface area contributed by atoms with Crippen molar-refractivity contribution < 1.29 is 18.7 Å². The minimum absolute atomic E-state index is 0.150. The molecule has 1 aliphatic heterocycles. The number of carbonyl (C=O) groups is 1. The van der Waals surface area contributed by atoms with Crippen LogP contribution in [0.1, 0.15) is 18.5 Å². The van der Waals surface area contributed by atoms with E-state index in [1.165, 1.54) is 23.9 Å². The SMILES string of the molecule is CC(NC(=O)CSc1nnc(-c2ccc3c(c2)OCO3)n1-c1ccccc1)c1ccc(F)cc1. The van der Waals surface area contributed by atoms with Crippen molar-refractivity contribution in [1.82, 2.24) is 20.1 Å². The number of rotatable bonds is 7. The molecule has 34 heavy (non-hydrogen) atoms. The molecule has 1 aliphatic rings. The van der Waals surface area contributed by atoms with Crippen LogP contribution >= 0.6 is 11.8 Å². The lowest BCUT2D eigenvalue weighted by Gasteiger charge is -2.14. The zero-order chi connectivity index (χ0) is 23.5. The van der Waals surface area contributed by atoms with Gasteiger partial charge >= 0.3 is 0 Å². The van der Waals surface area contributed by atoms with Crippen LogP contribution < -0.4 is 14.8 Å². The molecule has 0 radical (unpaired) electrons. The predicted octanol–water partition coefficient (Wildman–Crippen LogP) is 4.77. The summed E-state index contributed by atoms with van der Waals surface area (Å²) < 4.78 is 26.0. The molecule has 0 spiro atoms. The lowest BCUT2D eigenvalue weighted by atomic mass is 10.1. The molecule has 7 nitrogen and oxygen atoms in total. The Bertz CT molecular complexity index is 1310. The van der Waals surface area contributed by atoms with Crippen LogP contribution in [0.25, 0.3) is 17.1 Å². The molecule has 0 aliphatic carbocycles. The lowest BCUT2D eigenvalue weighted by molar-refractivity contribution is -0.119. The fourth-order valence-corrected chi connectivity index (χ4v) is 4.41. The number of nitrogens with one attached hydrogen (secondary N) is 1. The van der Waals surface area contributed by atoms with Crippen LogP contribution in [0.3, 0.4) is 0 Å². The Morgan fingerprint density at radius 3 is 2.62 bits per heavy atom. The Morgan fingerprint density at radius 1 is 1.06 bits per heavy atom. The maximum atomic E-state index is 13.2. The molecule has 1 atom stereocenters. The van der Waals surface area contributed by atoms with Crippen molar-refractivity contribution in [2.24, 2.45) is 0 Å². The quantitative estimate of drug-likeness (QED) is 0.387. The van der Waals surface area contributed by atoms with E-state index in [4.69, 9.17) is 9.47 Å². The monoisotopic (exact) mass is 476 g/mol. The first-order valence-corrected chi connectivity index (χ1v) is 11.7. The molecule has 172 valence electrons. The zero-order valence-corrected chi connectivity index (χ0v) is 19.1. The molecule has 3 aromatic carbocycles. The number of halogens is 1. The molecule has 2 heterocycles. The van der Waals surface area contributed by atoms with Crippen molar-refractivity contribution in [2.45, 2.75) is 18.1 Å². The highest BCUT2D eigenvalue weighted by Crippen LogP contribution is 2.37. The number of hydrogen-bond acceptors (Lipinski definition) is 6. The van der Waals surface area contributed by atoms with Crippen molar-refractivity contribution in [3.63, 3.8) is 0 Å². The highest BCUT2D eigenvalue weighted by Gasteiger charge is 2.21. The number of fused-ring (bicyclic) bond motifs is 1. The summed E-state index contributed by atoms with van der Waals surface area (Å²) in [5.41, 5.74) is 2.53. The van der Waals surface area contributed by atoms with Gasteiger partial charge < -0.3 is 14.8 Å². The van der Waals surface area contributed by atoms with E-state index in [9.17, 15) is 9.18 Å². The average molecular weight is 477 g/mol. The Labute approximate surface area is 199 Å². The van der Waals surface area contributed by atoms with Crippen LogP contribution in [0.5, 0.6) is 11.5 Å². The first-order chi connectivity index (χ1) is 16.6. The number of nitrogens with zero attached hydrogens (tertiary/aromatic N) is 3. The molecule has 0 saturated carbocycles. The second kappa shape index (κ2) is 9.56. The summed E-state index contributed by atoms with van der Waals surface area (Å²) in [6.07, 6.45) is 0. The lowest BCUT2D eigenvalue weighted by Crippen LogP contribution is -2.28. The van der Waals surface area contributed by atoms with Crippen molar-refractivity contribution in [3.8, 4) is 28.6 Å². The predicted molar refractivity (Wildman–Crippen MR) is 127 cm³/mol. The van der Waals surface area contributed by atoms with Gasteiger partial charge in [-0.2, -0.15) is 0 Å². The van der Waals surface area contributed by atoms with Crippen LogP contribution in [0.4, 0.5) is 4.39 Å². The molecule has 1 unspecified atom stereocenters. The van der Waals surface area contributed by atoms with Gasteiger partial charge in [0.1, 0.15) is 5.82 Å². The molecule has 5 rings (SSSR count). The molecule has 1 N–H and O–H groups in total. The van der Waals surface area contributed by atoms with Gasteiger partial charge in [-0.05, 0) is 55.0 Å².